The number of amides is 1. The fourth-order valence-electron chi connectivity index (χ4n) is 3.08. The van der Waals surface area contributed by atoms with Gasteiger partial charge in [0.1, 0.15) is 0 Å². The number of anilines is 1. The summed E-state index contributed by atoms with van der Waals surface area (Å²) in [7, 11) is 0. The van der Waals surface area contributed by atoms with Gasteiger partial charge in [0.15, 0.2) is 0 Å². The van der Waals surface area contributed by atoms with E-state index in [2.05, 4.69) is 29.4 Å². The summed E-state index contributed by atoms with van der Waals surface area (Å²) in [5.74, 6) is 0.0719. The van der Waals surface area contributed by atoms with Crippen molar-refractivity contribution in [3.05, 3.63) is 29.8 Å². The van der Waals surface area contributed by atoms with Gasteiger partial charge in [0, 0.05) is 30.7 Å². The second-order valence-corrected chi connectivity index (χ2v) is 6.35. The highest BCUT2D eigenvalue weighted by Gasteiger charge is 2.23. The standard InChI is InChI=1S/C18H29N3O/c1-4-21-11-5-6-17(21)13-19-15(3)12-18(22)20-16-9-7-14(2)8-10-16/h7-10,15,17,19H,4-6,11-13H2,1-3H3,(H,20,22)/t15-,17+/m1/s1. The van der Waals surface area contributed by atoms with E-state index in [1.54, 1.807) is 0 Å². The number of nitrogens with zero attached hydrogens (tertiary/aromatic N) is 1. The first-order valence-corrected chi connectivity index (χ1v) is 8.42. The van der Waals surface area contributed by atoms with Crippen molar-refractivity contribution in [2.75, 3.05) is 25.0 Å². The number of aryl methyl sites for hydroxylation is 1. The van der Waals surface area contributed by atoms with Crippen molar-refractivity contribution in [1.82, 2.24) is 10.2 Å². The lowest BCUT2D eigenvalue weighted by atomic mass is 10.1. The summed E-state index contributed by atoms with van der Waals surface area (Å²) in [6.07, 6.45) is 3.07. The summed E-state index contributed by atoms with van der Waals surface area (Å²) in [6, 6.07) is 8.75. The molecule has 0 bridgehead atoms. The molecule has 0 saturated carbocycles. The van der Waals surface area contributed by atoms with Crippen molar-refractivity contribution in [3.8, 4) is 0 Å². The van der Waals surface area contributed by atoms with Crippen molar-refractivity contribution < 1.29 is 4.79 Å². The number of benzene rings is 1. The zero-order valence-corrected chi connectivity index (χ0v) is 14.1. The molecule has 0 aliphatic carbocycles. The highest BCUT2D eigenvalue weighted by Crippen LogP contribution is 2.16. The SMILES string of the molecule is CCN1CCC[C@H]1CN[C@H](C)CC(=O)Nc1ccc(C)cc1. The van der Waals surface area contributed by atoms with Crippen molar-refractivity contribution >= 4 is 11.6 Å². The molecular weight excluding hydrogens is 274 g/mol. The maximum absolute atomic E-state index is 12.1. The Morgan fingerprint density at radius 3 is 2.77 bits per heavy atom. The predicted molar refractivity (Wildman–Crippen MR) is 92.2 cm³/mol. The molecule has 4 nitrogen and oxygen atoms in total. The van der Waals surface area contributed by atoms with E-state index in [1.165, 1.54) is 24.9 Å². The van der Waals surface area contributed by atoms with Crippen LogP contribution in [-0.4, -0.2) is 42.5 Å². The van der Waals surface area contributed by atoms with Gasteiger partial charge in [-0.2, -0.15) is 0 Å². The molecule has 1 aromatic carbocycles. The Balaban J connectivity index is 1.71. The second-order valence-electron chi connectivity index (χ2n) is 6.35. The van der Waals surface area contributed by atoms with Gasteiger partial charge in [0.05, 0.1) is 0 Å². The van der Waals surface area contributed by atoms with E-state index >= 15 is 0 Å². The molecule has 1 heterocycles. The third-order valence-corrected chi connectivity index (χ3v) is 4.43. The van der Waals surface area contributed by atoms with Gasteiger partial charge in [-0.15, -0.1) is 0 Å². The van der Waals surface area contributed by atoms with E-state index in [-0.39, 0.29) is 11.9 Å². The van der Waals surface area contributed by atoms with Gasteiger partial charge in [-0.1, -0.05) is 24.6 Å². The number of carbonyl (C=O) groups is 1. The molecule has 0 aromatic heterocycles. The lowest BCUT2D eigenvalue weighted by Crippen LogP contribution is -2.41. The summed E-state index contributed by atoms with van der Waals surface area (Å²) in [4.78, 5) is 14.6. The highest BCUT2D eigenvalue weighted by atomic mass is 16.1. The third-order valence-electron chi connectivity index (χ3n) is 4.43. The zero-order valence-electron chi connectivity index (χ0n) is 14.1. The Kier molecular flexibility index (Phi) is 6.40. The minimum Gasteiger partial charge on any atom is -0.326 e. The van der Waals surface area contributed by atoms with Crippen LogP contribution in [0.1, 0.15) is 38.7 Å². The number of nitrogens with one attached hydrogen (secondary N) is 2. The van der Waals surface area contributed by atoms with Gasteiger partial charge < -0.3 is 10.6 Å². The van der Waals surface area contributed by atoms with E-state index in [4.69, 9.17) is 0 Å². The molecule has 0 radical (unpaired) electrons. The van der Waals surface area contributed by atoms with Crippen molar-refractivity contribution in [2.45, 2.75) is 52.1 Å². The maximum Gasteiger partial charge on any atom is 0.225 e. The molecule has 1 fully saturated rings. The highest BCUT2D eigenvalue weighted by molar-refractivity contribution is 5.91. The van der Waals surface area contributed by atoms with E-state index in [1.807, 2.05) is 31.2 Å². The Morgan fingerprint density at radius 1 is 1.36 bits per heavy atom. The Bertz CT molecular complexity index is 472. The van der Waals surface area contributed by atoms with Crippen LogP contribution in [0, 0.1) is 6.92 Å². The van der Waals surface area contributed by atoms with Crippen molar-refractivity contribution in [2.24, 2.45) is 0 Å². The van der Waals surface area contributed by atoms with Crippen LogP contribution >= 0.6 is 0 Å². The summed E-state index contributed by atoms with van der Waals surface area (Å²) in [6.45, 7) is 9.66. The maximum atomic E-state index is 12.1. The molecule has 0 spiro atoms. The molecule has 1 aromatic rings. The summed E-state index contributed by atoms with van der Waals surface area (Å²) in [5, 5.41) is 6.47. The molecule has 1 saturated heterocycles. The normalized spacial score (nSPS) is 20.0. The fraction of sp³-hybridized carbons (Fsp3) is 0.611. The number of hydrogen-bond acceptors (Lipinski definition) is 3. The largest absolute Gasteiger partial charge is 0.326 e. The third kappa shape index (κ3) is 5.11. The van der Waals surface area contributed by atoms with Crippen LogP contribution in [0.4, 0.5) is 5.69 Å². The first-order chi connectivity index (χ1) is 10.6. The number of carbonyl (C=O) groups excluding carboxylic acids is 1. The molecule has 2 rings (SSSR count). The van der Waals surface area contributed by atoms with Crippen LogP contribution < -0.4 is 10.6 Å². The summed E-state index contributed by atoms with van der Waals surface area (Å²) in [5.41, 5.74) is 2.07. The Hall–Kier alpha value is -1.39. The monoisotopic (exact) mass is 303 g/mol. The molecule has 2 N–H and O–H groups in total. The van der Waals surface area contributed by atoms with E-state index in [0.29, 0.717) is 12.5 Å². The zero-order chi connectivity index (χ0) is 15.9. The average molecular weight is 303 g/mol. The van der Waals surface area contributed by atoms with Gasteiger partial charge in [-0.05, 0) is 51.9 Å². The summed E-state index contributed by atoms with van der Waals surface area (Å²) < 4.78 is 0. The quantitative estimate of drug-likeness (QED) is 0.814. The number of hydrogen-bond donors (Lipinski definition) is 2. The molecule has 22 heavy (non-hydrogen) atoms. The lowest BCUT2D eigenvalue weighted by molar-refractivity contribution is -0.116. The van der Waals surface area contributed by atoms with Gasteiger partial charge in [-0.3, -0.25) is 9.69 Å². The number of likely N-dealkylation sites (N-methyl/N-ethyl adjacent to an activating group) is 1. The molecule has 122 valence electrons. The van der Waals surface area contributed by atoms with Crippen LogP contribution in [0.2, 0.25) is 0 Å². The molecule has 4 heteroatoms. The Morgan fingerprint density at radius 2 is 2.09 bits per heavy atom. The lowest BCUT2D eigenvalue weighted by Gasteiger charge is -2.24. The predicted octanol–water partition coefficient (Wildman–Crippen LogP) is 2.79. The van der Waals surface area contributed by atoms with Crippen LogP contribution in [0.25, 0.3) is 0 Å². The first kappa shape index (κ1) is 17.0. The molecule has 1 amide bonds. The van der Waals surface area contributed by atoms with E-state index < -0.39 is 0 Å². The smallest absolute Gasteiger partial charge is 0.225 e. The number of rotatable bonds is 7. The van der Waals surface area contributed by atoms with Gasteiger partial charge >= 0.3 is 0 Å². The minimum atomic E-state index is 0.0719. The van der Waals surface area contributed by atoms with Gasteiger partial charge in [0.25, 0.3) is 0 Å². The Labute approximate surface area is 134 Å². The van der Waals surface area contributed by atoms with E-state index in [9.17, 15) is 4.79 Å². The fourth-order valence-corrected chi connectivity index (χ4v) is 3.08. The minimum absolute atomic E-state index is 0.0719. The van der Waals surface area contributed by atoms with Gasteiger partial charge in [0.2, 0.25) is 5.91 Å². The molecule has 2 atom stereocenters. The molecule has 1 aliphatic heterocycles. The van der Waals surface area contributed by atoms with Crippen LogP contribution in [0.3, 0.4) is 0 Å². The van der Waals surface area contributed by atoms with Crippen LogP contribution in [0.15, 0.2) is 24.3 Å². The second kappa shape index (κ2) is 8.30. The van der Waals surface area contributed by atoms with Crippen LogP contribution in [0.5, 0.6) is 0 Å². The van der Waals surface area contributed by atoms with Crippen molar-refractivity contribution in [3.63, 3.8) is 0 Å². The van der Waals surface area contributed by atoms with Crippen molar-refractivity contribution in [1.29, 1.82) is 0 Å². The molecule has 0 unspecified atom stereocenters. The van der Waals surface area contributed by atoms with Gasteiger partial charge in [-0.25, -0.2) is 0 Å². The topological polar surface area (TPSA) is 44.4 Å². The molecule has 1 aliphatic rings. The summed E-state index contributed by atoms with van der Waals surface area (Å²) >= 11 is 0. The molecular formula is C18H29N3O. The van der Waals surface area contributed by atoms with E-state index in [0.717, 1.165) is 18.8 Å². The number of likely N-dealkylation sites (tertiary alicyclic amines) is 1. The first-order valence-electron chi connectivity index (χ1n) is 8.42. The average Bonchev–Trinajstić information content (AvgIpc) is 2.95. The van der Waals surface area contributed by atoms with Crippen LogP contribution in [-0.2, 0) is 4.79 Å².